The maximum Gasteiger partial charge on any atom is 0.272 e. The van der Waals surface area contributed by atoms with Crippen molar-refractivity contribution in [2.75, 3.05) is 32.1 Å². The molecule has 1 N–H and O–H groups in total. The van der Waals surface area contributed by atoms with E-state index in [0.29, 0.717) is 36.0 Å². The summed E-state index contributed by atoms with van der Waals surface area (Å²) in [6, 6.07) is 5.45. The van der Waals surface area contributed by atoms with Crippen LogP contribution in [0.25, 0.3) is 0 Å². The van der Waals surface area contributed by atoms with Gasteiger partial charge in [-0.3, -0.25) is 9.59 Å². The van der Waals surface area contributed by atoms with Crippen LogP contribution < -0.4 is 10.2 Å². The Morgan fingerprint density at radius 1 is 1.24 bits per heavy atom. The molecule has 3 heterocycles. The lowest BCUT2D eigenvalue weighted by Crippen LogP contribution is -2.32. The van der Waals surface area contributed by atoms with Crippen LogP contribution in [0.3, 0.4) is 0 Å². The standard InChI is InChI=1S/C21H28N6O2/c1-13(2)23-19(28)16-11-22-21(26(4)5)25-18(16)15-9-10-27(12-15)20(29)17-8-6-7-14(3)24-17/h6-8,11,13,15H,9-10,12H2,1-5H3,(H,23,28). The molecule has 0 bridgehead atoms. The Morgan fingerprint density at radius 2 is 2.00 bits per heavy atom. The molecule has 1 unspecified atom stereocenters. The maximum atomic E-state index is 12.9. The van der Waals surface area contributed by atoms with Crippen molar-refractivity contribution in [3.05, 3.63) is 47.0 Å². The predicted molar refractivity (Wildman–Crippen MR) is 111 cm³/mol. The lowest BCUT2D eigenvalue weighted by Gasteiger charge is -2.19. The lowest BCUT2D eigenvalue weighted by atomic mass is 9.99. The van der Waals surface area contributed by atoms with E-state index in [0.717, 1.165) is 12.1 Å². The van der Waals surface area contributed by atoms with Gasteiger partial charge in [0.05, 0.1) is 11.3 Å². The number of hydrogen-bond donors (Lipinski definition) is 1. The van der Waals surface area contributed by atoms with E-state index in [4.69, 9.17) is 0 Å². The number of carbonyl (C=O) groups is 2. The summed E-state index contributed by atoms with van der Waals surface area (Å²) in [5, 5.41) is 2.91. The molecule has 0 spiro atoms. The highest BCUT2D eigenvalue weighted by Gasteiger charge is 2.32. The van der Waals surface area contributed by atoms with E-state index in [1.807, 2.05) is 51.9 Å². The predicted octanol–water partition coefficient (Wildman–Crippen LogP) is 2.01. The number of nitrogens with zero attached hydrogens (tertiary/aromatic N) is 5. The molecule has 1 fully saturated rings. The first-order chi connectivity index (χ1) is 13.8. The van der Waals surface area contributed by atoms with Gasteiger partial charge in [-0.25, -0.2) is 15.0 Å². The second-order valence-corrected chi connectivity index (χ2v) is 7.89. The first kappa shape index (κ1) is 20.7. The molecule has 2 aromatic rings. The number of carbonyl (C=O) groups excluding carboxylic acids is 2. The zero-order chi connectivity index (χ0) is 21.1. The van der Waals surface area contributed by atoms with E-state index in [9.17, 15) is 9.59 Å². The van der Waals surface area contributed by atoms with E-state index >= 15 is 0 Å². The van der Waals surface area contributed by atoms with Crippen molar-refractivity contribution in [3.63, 3.8) is 0 Å². The molecule has 1 saturated heterocycles. The highest BCUT2D eigenvalue weighted by Crippen LogP contribution is 2.30. The highest BCUT2D eigenvalue weighted by molar-refractivity contribution is 5.96. The van der Waals surface area contributed by atoms with E-state index in [1.165, 1.54) is 0 Å². The molecule has 8 heteroatoms. The summed E-state index contributed by atoms with van der Waals surface area (Å²) in [4.78, 5) is 42.5. The van der Waals surface area contributed by atoms with Crippen molar-refractivity contribution < 1.29 is 9.59 Å². The topological polar surface area (TPSA) is 91.3 Å². The second-order valence-electron chi connectivity index (χ2n) is 7.89. The first-order valence-electron chi connectivity index (χ1n) is 9.84. The van der Waals surface area contributed by atoms with Gasteiger partial charge in [0.15, 0.2) is 0 Å². The Balaban J connectivity index is 1.86. The van der Waals surface area contributed by atoms with E-state index in [-0.39, 0.29) is 23.8 Å². The average molecular weight is 396 g/mol. The SMILES string of the molecule is Cc1cccc(C(=O)N2CCC(c3nc(N(C)C)ncc3C(=O)NC(C)C)C2)n1. The van der Waals surface area contributed by atoms with Gasteiger partial charge < -0.3 is 15.1 Å². The average Bonchev–Trinajstić information content (AvgIpc) is 3.16. The number of nitrogens with one attached hydrogen (secondary N) is 1. The summed E-state index contributed by atoms with van der Waals surface area (Å²) in [5.74, 6) is 0.237. The van der Waals surface area contributed by atoms with Crippen molar-refractivity contribution >= 4 is 17.8 Å². The molecule has 0 radical (unpaired) electrons. The molecule has 0 aliphatic carbocycles. The third kappa shape index (κ3) is 4.70. The largest absolute Gasteiger partial charge is 0.350 e. The number of amides is 2. The Kier molecular flexibility index (Phi) is 6.10. The molecule has 2 amide bonds. The number of aryl methyl sites for hydroxylation is 1. The monoisotopic (exact) mass is 396 g/mol. The molecule has 154 valence electrons. The minimum Gasteiger partial charge on any atom is -0.350 e. The smallest absolute Gasteiger partial charge is 0.272 e. The summed E-state index contributed by atoms with van der Waals surface area (Å²) in [6.45, 7) is 6.80. The summed E-state index contributed by atoms with van der Waals surface area (Å²) in [7, 11) is 3.72. The number of anilines is 1. The summed E-state index contributed by atoms with van der Waals surface area (Å²) in [5.41, 5.74) is 2.41. The molecule has 1 atom stereocenters. The number of pyridine rings is 1. The van der Waals surface area contributed by atoms with Gasteiger partial charge in [-0.1, -0.05) is 6.07 Å². The van der Waals surface area contributed by atoms with Crippen LogP contribution in [0.4, 0.5) is 5.95 Å². The molecule has 2 aromatic heterocycles. The third-order valence-electron chi connectivity index (χ3n) is 4.84. The minimum absolute atomic E-state index is 0.0120. The second kappa shape index (κ2) is 8.55. The van der Waals surface area contributed by atoms with Crippen LogP contribution in [0, 0.1) is 6.92 Å². The fourth-order valence-corrected chi connectivity index (χ4v) is 3.42. The lowest BCUT2D eigenvalue weighted by molar-refractivity contribution is 0.0784. The first-order valence-corrected chi connectivity index (χ1v) is 9.84. The quantitative estimate of drug-likeness (QED) is 0.831. The van der Waals surface area contributed by atoms with Crippen LogP contribution in [-0.2, 0) is 0 Å². The molecular formula is C21H28N6O2. The van der Waals surface area contributed by atoms with Gasteiger partial charge >= 0.3 is 0 Å². The fraction of sp³-hybridized carbons (Fsp3) is 0.476. The summed E-state index contributed by atoms with van der Waals surface area (Å²) in [6.07, 6.45) is 2.32. The maximum absolute atomic E-state index is 12.9. The third-order valence-corrected chi connectivity index (χ3v) is 4.84. The highest BCUT2D eigenvalue weighted by atomic mass is 16.2. The normalized spacial score (nSPS) is 16.2. The van der Waals surface area contributed by atoms with Crippen LogP contribution in [0.1, 0.15) is 58.4 Å². The van der Waals surface area contributed by atoms with Crippen LogP contribution in [-0.4, -0.2) is 64.9 Å². The van der Waals surface area contributed by atoms with Crippen molar-refractivity contribution in [3.8, 4) is 0 Å². The van der Waals surface area contributed by atoms with Crippen molar-refractivity contribution in [1.29, 1.82) is 0 Å². The molecule has 8 nitrogen and oxygen atoms in total. The van der Waals surface area contributed by atoms with Gasteiger partial charge in [0.1, 0.15) is 5.69 Å². The van der Waals surface area contributed by atoms with Crippen molar-refractivity contribution in [1.82, 2.24) is 25.2 Å². The Hall–Kier alpha value is -3.03. The Bertz CT molecular complexity index is 912. The van der Waals surface area contributed by atoms with Crippen molar-refractivity contribution in [2.45, 2.75) is 39.2 Å². The van der Waals surface area contributed by atoms with E-state index in [2.05, 4.69) is 20.3 Å². The molecule has 29 heavy (non-hydrogen) atoms. The summed E-state index contributed by atoms with van der Waals surface area (Å²) >= 11 is 0. The number of hydrogen-bond acceptors (Lipinski definition) is 6. The molecule has 0 aromatic carbocycles. The zero-order valence-corrected chi connectivity index (χ0v) is 17.6. The molecular weight excluding hydrogens is 368 g/mol. The molecule has 1 aliphatic heterocycles. The number of aromatic nitrogens is 3. The van der Waals surface area contributed by atoms with E-state index < -0.39 is 0 Å². The van der Waals surface area contributed by atoms with Crippen LogP contribution in [0.15, 0.2) is 24.4 Å². The van der Waals surface area contributed by atoms with Gasteiger partial charge in [0, 0.05) is 51.0 Å². The van der Waals surface area contributed by atoms with Crippen LogP contribution in [0.2, 0.25) is 0 Å². The van der Waals surface area contributed by atoms with Gasteiger partial charge in [0.25, 0.3) is 11.8 Å². The van der Waals surface area contributed by atoms with Gasteiger partial charge in [-0.15, -0.1) is 0 Å². The van der Waals surface area contributed by atoms with Gasteiger partial charge in [0.2, 0.25) is 5.95 Å². The zero-order valence-electron chi connectivity index (χ0n) is 17.6. The van der Waals surface area contributed by atoms with Gasteiger partial charge in [-0.2, -0.15) is 0 Å². The van der Waals surface area contributed by atoms with Crippen LogP contribution in [0.5, 0.6) is 0 Å². The Labute approximate surface area is 171 Å². The molecule has 1 aliphatic rings. The van der Waals surface area contributed by atoms with Gasteiger partial charge in [-0.05, 0) is 39.3 Å². The fourth-order valence-electron chi connectivity index (χ4n) is 3.42. The van der Waals surface area contributed by atoms with Crippen LogP contribution >= 0.6 is 0 Å². The van der Waals surface area contributed by atoms with E-state index in [1.54, 1.807) is 17.2 Å². The summed E-state index contributed by atoms with van der Waals surface area (Å²) < 4.78 is 0. The minimum atomic E-state index is -0.189. The molecule has 0 saturated carbocycles. The van der Waals surface area contributed by atoms with Crippen molar-refractivity contribution in [2.24, 2.45) is 0 Å². The number of likely N-dealkylation sites (tertiary alicyclic amines) is 1. The molecule has 3 rings (SSSR count). The Morgan fingerprint density at radius 3 is 2.66 bits per heavy atom. The number of rotatable bonds is 5.